The highest BCUT2D eigenvalue weighted by Crippen LogP contribution is 2.41. The minimum atomic E-state index is -4.46. The maximum atomic E-state index is 13.8. The minimum absolute atomic E-state index is 0.0522. The molecule has 0 radical (unpaired) electrons. The molecule has 6 aromatic carbocycles. The molecule has 55 heavy (non-hydrogen) atoms. The molecule has 0 aliphatic carbocycles. The topological polar surface area (TPSA) is 43.6 Å². The zero-order chi connectivity index (χ0) is 38.7. The average Bonchev–Trinajstić information content (AvgIpc) is 3.50. The maximum absolute atomic E-state index is 13.8. The van der Waals surface area contributed by atoms with Crippen molar-refractivity contribution in [2.75, 3.05) is 0 Å². The molecule has 0 bridgehead atoms. The number of nitrogens with zero attached hydrogens (tertiary/aromatic N) is 4. The largest absolute Gasteiger partial charge is 0.416 e. The Hall–Kier alpha value is -6.08. The zero-order valence-corrected chi connectivity index (χ0v) is 31.7. The molecular formula is C48H41F3N4. The van der Waals surface area contributed by atoms with Crippen LogP contribution < -0.4 is 0 Å². The Morgan fingerprint density at radius 3 is 1.33 bits per heavy atom. The van der Waals surface area contributed by atoms with E-state index < -0.39 is 11.7 Å². The second-order valence-electron chi connectivity index (χ2n) is 16.1. The highest BCUT2D eigenvalue weighted by molar-refractivity contribution is 6.10. The van der Waals surface area contributed by atoms with Gasteiger partial charge in [0, 0.05) is 33.2 Å². The molecule has 0 unspecified atom stereocenters. The van der Waals surface area contributed by atoms with Crippen LogP contribution in [0.3, 0.4) is 0 Å². The molecule has 7 heteroatoms. The molecule has 0 aliphatic heterocycles. The lowest BCUT2D eigenvalue weighted by molar-refractivity contribution is -0.137. The first-order valence-electron chi connectivity index (χ1n) is 18.4. The van der Waals surface area contributed by atoms with Crippen molar-refractivity contribution in [1.82, 2.24) is 19.5 Å². The van der Waals surface area contributed by atoms with Crippen molar-refractivity contribution < 1.29 is 13.2 Å². The molecule has 0 spiro atoms. The van der Waals surface area contributed by atoms with Gasteiger partial charge in [0.1, 0.15) is 0 Å². The van der Waals surface area contributed by atoms with E-state index in [-0.39, 0.29) is 10.8 Å². The second-order valence-corrected chi connectivity index (χ2v) is 16.1. The van der Waals surface area contributed by atoms with E-state index in [1.54, 1.807) is 0 Å². The Labute approximate surface area is 319 Å². The number of halogens is 3. The SMILES string of the molecule is CC(C)(C)c1ccc2c(c1)c1cc(C(C)(C)C)ccc1n2-c1ccc(-c2nc(-c3ccccc3)nc(-c3ccccc3)n2)c(-c2ccc(C(F)(F)F)cc2)c1. The van der Waals surface area contributed by atoms with E-state index in [2.05, 4.69) is 82.5 Å². The predicted octanol–water partition coefficient (Wildman–Crippen LogP) is 13.3. The Balaban J connectivity index is 1.40. The van der Waals surface area contributed by atoms with Gasteiger partial charge in [-0.3, -0.25) is 0 Å². The van der Waals surface area contributed by atoms with E-state index in [1.165, 1.54) is 23.3 Å². The van der Waals surface area contributed by atoms with Crippen molar-refractivity contribution in [3.05, 3.63) is 156 Å². The molecule has 4 nitrogen and oxygen atoms in total. The molecule has 2 aromatic heterocycles. The first-order valence-corrected chi connectivity index (χ1v) is 18.4. The standard InChI is InChI=1S/C48H41F3N4/c1-46(2,3)34-21-25-41-39(27-34)40-28-35(47(4,5)6)22-26-42(40)55(41)36-23-24-37(38(29-36)30-17-19-33(20-18-30)48(49,50)51)45-53-43(31-13-9-7-10-14-31)52-44(54-45)32-15-11-8-12-16-32/h7-29H,1-6H3. The van der Waals surface area contributed by atoms with Crippen LogP contribution in [0, 0.1) is 0 Å². The summed E-state index contributed by atoms with van der Waals surface area (Å²) in [7, 11) is 0. The smallest absolute Gasteiger partial charge is 0.309 e. The Bertz CT molecular complexity index is 2550. The fraction of sp³-hybridized carbons (Fsp3) is 0.188. The van der Waals surface area contributed by atoms with Crippen molar-refractivity contribution in [2.24, 2.45) is 0 Å². The molecule has 0 saturated carbocycles. The third kappa shape index (κ3) is 6.91. The Morgan fingerprint density at radius 1 is 0.418 bits per heavy atom. The number of hydrogen-bond acceptors (Lipinski definition) is 3. The molecule has 8 rings (SSSR count). The summed E-state index contributed by atoms with van der Waals surface area (Å²) >= 11 is 0. The quantitative estimate of drug-likeness (QED) is 0.177. The summed E-state index contributed by atoms with van der Waals surface area (Å²) in [5, 5.41) is 2.29. The van der Waals surface area contributed by atoms with E-state index in [0.29, 0.717) is 34.2 Å². The highest BCUT2D eigenvalue weighted by atomic mass is 19.4. The van der Waals surface area contributed by atoms with Gasteiger partial charge in [-0.2, -0.15) is 13.2 Å². The highest BCUT2D eigenvalue weighted by Gasteiger charge is 2.30. The number of fused-ring (bicyclic) bond motifs is 3. The predicted molar refractivity (Wildman–Crippen MR) is 218 cm³/mol. The monoisotopic (exact) mass is 730 g/mol. The first-order chi connectivity index (χ1) is 26.1. The number of benzene rings is 6. The van der Waals surface area contributed by atoms with E-state index in [1.807, 2.05) is 78.9 Å². The lowest BCUT2D eigenvalue weighted by atomic mass is 9.85. The van der Waals surface area contributed by atoms with Gasteiger partial charge >= 0.3 is 6.18 Å². The second kappa shape index (κ2) is 13.3. The fourth-order valence-corrected chi connectivity index (χ4v) is 7.11. The van der Waals surface area contributed by atoms with Crippen LogP contribution in [0.25, 0.3) is 72.8 Å². The van der Waals surface area contributed by atoms with Crippen molar-refractivity contribution >= 4 is 21.8 Å². The molecule has 0 atom stereocenters. The zero-order valence-electron chi connectivity index (χ0n) is 31.7. The fourth-order valence-electron chi connectivity index (χ4n) is 7.11. The van der Waals surface area contributed by atoms with Crippen LogP contribution in [-0.2, 0) is 17.0 Å². The van der Waals surface area contributed by atoms with Gasteiger partial charge in [0.25, 0.3) is 0 Å². The van der Waals surface area contributed by atoms with E-state index >= 15 is 0 Å². The van der Waals surface area contributed by atoms with Gasteiger partial charge in [-0.25, -0.2) is 15.0 Å². The van der Waals surface area contributed by atoms with Crippen LogP contribution in [0.1, 0.15) is 58.2 Å². The molecular weight excluding hydrogens is 690 g/mol. The van der Waals surface area contributed by atoms with Gasteiger partial charge < -0.3 is 4.57 Å². The van der Waals surface area contributed by atoms with Crippen LogP contribution in [0.2, 0.25) is 0 Å². The molecule has 0 aliphatic rings. The average molecular weight is 731 g/mol. The maximum Gasteiger partial charge on any atom is 0.416 e. The number of rotatable bonds is 5. The van der Waals surface area contributed by atoms with Gasteiger partial charge in [0.05, 0.1) is 16.6 Å². The molecule has 274 valence electrons. The van der Waals surface area contributed by atoms with E-state index in [9.17, 15) is 13.2 Å². The van der Waals surface area contributed by atoms with E-state index in [0.717, 1.165) is 50.8 Å². The number of hydrogen-bond donors (Lipinski definition) is 0. The Morgan fingerprint density at radius 2 is 0.873 bits per heavy atom. The van der Waals surface area contributed by atoms with Crippen molar-refractivity contribution in [3.8, 4) is 51.0 Å². The van der Waals surface area contributed by atoms with Crippen molar-refractivity contribution in [3.63, 3.8) is 0 Å². The summed E-state index contributed by atoms with van der Waals surface area (Å²) in [5.41, 5.74) is 8.23. The lowest BCUT2D eigenvalue weighted by Crippen LogP contribution is -2.10. The summed E-state index contributed by atoms with van der Waals surface area (Å²) in [5.74, 6) is 1.42. The summed E-state index contributed by atoms with van der Waals surface area (Å²) in [4.78, 5) is 14.8. The summed E-state index contributed by atoms with van der Waals surface area (Å²) in [6.45, 7) is 13.3. The normalized spacial score (nSPS) is 12.5. The van der Waals surface area contributed by atoms with Gasteiger partial charge in [-0.05, 0) is 87.7 Å². The summed E-state index contributed by atoms with van der Waals surface area (Å²) in [6, 6.07) is 44.1. The minimum Gasteiger partial charge on any atom is -0.309 e. The van der Waals surface area contributed by atoms with Crippen LogP contribution in [0.4, 0.5) is 13.2 Å². The Kier molecular flexibility index (Phi) is 8.71. The van der Waals surface area contributed by atoms with E-state index in [4.69, 9.17) is 15.0 Å². The van der Waals surface area contributed by atoms with Crippen LogP contribution >= 0.6 is 0 Å². The van der Waals surface area contributed by atoms with Crippen LogP contribution in [-0.4, -0.2) is 19.5 Å². The van der Waals surface area contributed by atoms with Gasteiger partial charge in [0.2, 0.25) is 0 Å². The number of aromatic nitrogens is 4. The molecule has 8 aromatic rings. The third-order valence-corrected chi connectivity index (χ3v) is 10.2. The summed E-state index contributed by atoms with van der Waals surface area (Å²) < 4.78 is 43.6. The molecule has 0 saturated heterocycles. The third-order valence-electron chi connectivity index (χ3n) is 10.2. The van der Waals surface area contributed by atoms with Crippen molar-refractivity contribution in [2.45, 2.75) is 58.5 Å². The lowest BCUT2D eigenvalue weighted by Gasteiger charge is -2.19. The van der Waals surface area contributed by atoms with Gasteiger partial charge in [-0.15, -0.1) is 0 Å². The van der Waals surface area contributed by atoms with Crippen LogP contribution in [0.15, 0.2) is 140 Å². The van der Waals surface area contributed by atoms with Gasteiger partial charge in [-0.1, -0.05) is 126 Å². The van der Waals surface area contributed by atoms with Crippen molar-refractivity contribution in [1.29, 1.82) is 0 Å². The molecule has 0 N–H and O–H groups in total. The first kappa shape index (κ1) is 35.9. The molecule has 0 fully saturated rings. The summed E-state index contributed by atoms with van der Waals surface area (Å²) in [6.07, 6.45) is -4.46. The van der Waals surface area contributed by atoms with Gasteiger partial charge in [0.15, 0.2) is 17.5 Å². The molecule has 2 heterocycles. The number of alkyl halides is 3. The van der Waals surface area contributed by atoms with Crippen LogP contribution in [0.5, 0.6) is 0 Å². The molecule has 0 amide bonds.